The second-order valence-electron chi connectivity index (χ2n) is 15.4. The molecule has 2 aliphatic heterocycles. The minimum absolute atomic E-state index is 0. The van der Waals surface area contributed by atoms with E-state index in [1.54, 1.807) is 6.07 Å². The van der Waals surface area contributed by atoms with Gasteiger partial charge in [0.25, 0.3) is 0 Å². The van der Waals surface area contributed by atoms with Gasteiger partial charge in [0, 0.05) is 72.8 Å². The summed E-state index contributed by atoms with van der Waals surface area (Å²) in [5.41, 5.74) is 8.50. The molecule has 0 unspecified atom stereocenters. The van der Waals surface area contributed by atoms with E-state index in [0.29, 0.717) is 23.0 Å². The number of hydrogen-bond donors (Lipinski definition) is 1. The number of carbonyl (C=O) groups is 2. The number of aromatic carboxylic acids is 1. The number of carboxylic acids is 1. The fraction of sp³-hybridized carbons (Fsp3) is 0.455. The predicted molar refractivity (Wildman–Crippen MR) is 214 cm³/mol. The fourth-order valence-corrected chi connectivity index (χ4v) is 9.90. The molecule has 0 radical (unpaired) electrons. The number of aromatic nitrogens is 6. The summed E-state index contributed by atoms with van der Waals surface area (Å²) < 4.78 is 14.2. The van der Waals surface area contributed by atoms with Gasteiger partial charge in [-0.15, -0.1) is 0 Å². The van der Waals surface area contributed by atoms with Gasteiger partial charge in [0.15, 0.2) is 11.6 Å². The molecule has 2 N–H and O–H groups in total. The molecule has 0 atom stereocenters. The average Bonchev–Trinajstić information content (AvgIpc) is 3.95. The maximum atomic E-state index is 12.1. The second kappa shape index (κ2) is 17.5. The topological polar surface area (TPSA) is 139 Å². The summed E-state index contributed by atoms with van der Waals surface area (Å²) in [6, 6.07) is 11.7. The summed E-state index contributed by atoms with van der Waals surface area (Å²) in [6.07, 6.45) is 22.8. The van der Waals surface area contributed by atoms with Crippen LogP contribution in [0.5, 0.6) is 0 Å². The Bertz CT molecular complexity index is 2340. The van der Waals surface area contributed by atoms with Crippen LogP contribution in [0.15, 0.2) is 61.2 Å². The number of carbonyl (C=O) groups excluding carboxylic acids is 1. The number of imidazole rings is 2. The molecule has 10 rings (SSSR count). The molecule has 11 nitrogen and oxygen atoms in total. The number of benzene rings is 2. The Morgan fingerprint density at radius 3 is 1.55 bits per heavy atom. The molecule has 2 fully saturated rings. The van der Waals surface area contributed by atoms with E-state index in [0.717, 1.165) is 61.7 Å². The second-order valence-corrected chi connectivity index (χ2v) is 15.4. The van der Waals surface area contributed by atoms with Crippen LogP contribution in [0.3, 0.4) is 0 Å². The van der Waals surface area contributed by atoms with E-state index in [1.807, 2.05) is 36.7 Å². The largest absolute Gasteiger partial charge is 1.00 e. The molecular weight excluding hydrogens is 716 g/mol. The quantitative estimate of drug-likeness (QED) is 0.153. The van der Waals surface area contributed by atoms with Crippen molar-refractivity contribution in [2.75, 3.05) is 7.11 Å². The number of ether oxygens (including phenoxy) is 1. The summed E-state index contributed by atoms with van der Waals surface area (Å²) in [6.45, 7) is 3.80. The van der Waals surface area contributed by atoms with Gasteiger partial charge in [-0.2, -0.15) is 0 Å². The molecule has 0 saturated heterocycles. The van der Waals surface area contributed by atoms with Gasteiger partial charge in [-0.05, 0) is 85.8 Å². The zero-order valence-corrected chi connectivity index (χ0v) is 34.0. The SMILES string of the molecule is C.COC(=O)c1ccc2c(C3CCCCC3)c3n(c2c1)CCCn1ccnc1-3.O=C(O)c1ccc2c(C3CCCCC3)c3n(c2c1)CCCn1ccnc1-3.[Na+].[OH-]. The number of carboxylic acid groups (broad SMARTS) is 1. The smallest absolute Gasteiger partial charge is 0.870 e. The molecule has 2 aromatic carbocycles. The van der Waals surface area contributed by atoms with Crippen molar-refractivity contribution in [1.82, 2.24) is 28.2 Å². The molecule has 12 heteroatoms. The predicted octanol–water partition coefficient (Wildman–Crippen LogP) is 6.86. The number of esters is 1. The number of fused-ring (bicyclic) bond motifs is 10. The van der Waals surface area contributed by atoms with Gasteiger partial charge in [-0.25, -0.2) is 19.6 Å². The van der Waals surface area contributed by atoms with Gasteiger partial charge >= 0.3 is 41.5 Å². The van der Waals surface area contributed by atoms with Crippen LogP contribution in [0.2, 0.25) is 0 Å². The summed E-state index contributed by atoms with van der Waals surface area (Å²) in [7, 11) is 1.44. The first-order valence-electron chi connectivity index (χ1n) is 19.7. The van der Waals surface area contributed by atoms with E-state index in [4.69, 9.17) is 14.7 Å². The Balaban J connectivity index is 0.000000180. The van der Waals surface area contributed by atoms with Gasteiger partial charge in [0.05, 0.1) is 29.6 Å². The van der Waals surface area contributed by atoms with Crippen LogP contribution in [0.4, 0.5) is 0 Å². The minimum atomic E-state index is -0.864. The van der Waals surface area contributed by atoms with E-state index in [-0.39, 0.29) is 48.4 Å². The van der Waals surface area contributed by atoms with E-state index < -0.39 is 5.97 Å². The molecule has 56 heavy (non-hydrogen) atoms. The molecule has 6 heterocycles. The van der Waals surface area contributed by atoms with Gasteiger partial charge < -0.3 is 33.6 Å². The molecule has 2 aliphatic carbocycles. The third kappa shape index (κ3) is 7.27. The van der Waals surface area contributed by atoms with Gasteiger partial charge in [0.2, 0.25) is 0 Å². The van der Waals surface area contributed by atoms with Crippen LogP contribution in [0.25, 0.3) is 44.8 Å². The Hall–Kier alpha value is -4.16. The van der Waals surface area contributed by atoms with Crippen LogP contribution in [-0.4, -0.2) is 57.9 Å². The Labute approximate surface area is 350 Å². The number of rotatable bonds is 4. The average molecular weight is 769 g/mol. The van der Waals surface area contributed by atoms with Crippen molar-refractivity contribution in [2.45, 2.75) is 122 Å². The maximum absolute atomic E-state index is 12.1. The number of aryl methyl sites for hydroxylation is 4. The molecule has 4 aromatic heterocycles. The Morgan fingerprint density at radius 1 is 0.661 bits per heavy atom. The van der Waals surface area contributed by atoms with E-state index >= 15 is 0 Å². The van der Waals surface area contributed by atoms with E-state index in [1.165, 1.54) is 105 Å². The molecule has 290 valence electrons. The van der Waals surface area contributed by atoms with Crippen molar-refractivity contribution in [3.05, 3.63) is 83.4 Å². The van der Waals surface area contributed by atoms with Crippen molar-refractivity contribution >= 4 is 33.7 Å². The minimum Gasteiger partial charge on any atom is -0.870 e. The number of nitrogens with zero attached hydrogens (tertiary/aromatic N) is 6. The molecule has 4 aliphatic rings. The third-order valence-electron chi connectivity index (χ3n) is 12.3. The Morgan fingerprint density at radius 2 is 1.11 bits per heavy atom. The van der Waals surface area contributed by atoms with E-state index in [9.17, 15) is 14.7 Å². The van der Waals surface area contributed by atoms with Crippen LogP contribution >= 0.6 is 0 Å². The molecule has 0 amide bonds. The fourth-order valence-electron chi connectivity index (χ4n) is 9.90. The van der Waals surface area contributed by atoms with Crippen molar-refractivity contribution in [3.63, 3.8) is 0 Å². The monoisotopic (exact) mass is 768 g/mol. The van der Waals surface area contributed by atoms with Crippen LogP contribution in [-0.2, 0) is 30.9 Å². The summed E-state index contributed by atoms with van der Waals surface area (Å²) in [5, 5.41) is 12.0. The zero-order chi connectivity index (χ0) is 36.1. The molecular formula is C44H53N6NaO5. The molecule has 2 saturated carbocycles. The van der Waals surface area contributed by atoms with E-state index in [2.05, 4.69) is 36.7 Å². The van der Waals surface area contributed by atoms with Crippen molar-refractivity contribution in [2.24, 2.45) is 0 Å². The molecule has 0 spiro atoms. The first-order valence-corrected chi connectivity index (χ1v) is 19.7. The summed E-state index contributed by atoms with van der Waals surface area (Å²) >= 11 is 0. The third-order valence-corrected chi connectivity index (χ3v) is 12.3. The molecule has 6 aromatic rings. The maximum Gasteiger partial charge on any atom is 1.00 e. The Kier molecular flexibility index (Phi) is 13.0. The normalized spacial score (nSPS) is 16.6. The van der Waals surface area contributed by atoms with Crippen molar-refractivity contribution in [1.29, 1.82) is 0 Å². The van der Waals surface area contributed by atoms with Crippen LogP contribution < -0.4 is 29.6 Å². The molecule has 0 bridgehead atoms. The van der Waals surface area contributed by atoms with Crippen molar-refractivity contribution in [3.8, 4) is 23.0 Å². The van der Waals surface area contributed by atoms with Crippen LogP contribution in [0.1, 0.15) is 128 Å². The first kappa shape index (κ1) is 41.5. The number of hydrogen-bond acceptors (Lipinski definition) is 6. The van der Waals surface area contributed by atoms with Gasteiger partial charge in [-0.1, -0.05) is 58.1 Å². The number of methoxy groups -OCH3 is 1. The standard InChI is InChI=1S/C22H25N3O2.C21H23N3O2.CH4.Na.H2O/c1-27-22(26)16-8-9-17-18(14-16)25-12-5-11-24-13-10-23-21(24)20(25)19(17)15-6-3-2-4-7-15;25-21(26)15-7-8-16-17(13-15)24-11-4-10-23-12-9-22-20(23)19(24)18(16)14-5-2-1-3-6-14;;;/h8-10,13-15H,2-7,11-12H2,1H3;7-9,12-14H,1-6,10-11H2,(H,25,26);1H4;;1H2/q;;;+1;/p-1. The first-order chi connectivity index (χ1) is 26.0. The van der Waals surface area contributed by atoms with Gasteiger partial charge in [0.1, 0.15) is 0 Å². The van der Waals surface area contributed by atoms with Gasteiger partial charge in [-0.3, -0.25) is 0 Å². The summed E-state index contributed by atoms with van der Waals surface area (Å²) in [4.78, 5) is 33.1. The zero-order valence-electron chi connectivity index (χ0n) is 32.0. The summed E-state index contributed by atoms with van der Waals surface area (Å²) in [5.74, 6) is 2.09. The van der Waals surface area contributed by atoms with Crippen molar-refractivity contribution < 1.29 is 54.5 Å². The van der Waals surface area contributed by atoms with Crippen LogP contribution in [0, 0.1) is 0 Å².